The lowest BCUT2D eigenvalue weighted by atomic mass is 9.95. The van der Waals surface area contributed by atoms with E-state index in [0.29, 0.717) is 0 Å². The van der Waals surface area contributed by atoms with Crippen molar-refractivity contribution in [2.45, 2.75) is 0 Å². The topological polar surface area (TPSA) is 16.4 Å². The lowest BCUT2D eigenvalue weighted by Gasteiger charge is -2.26. The van der Waals surface area contributed by atoms with Crippen LogP contribution in [-0.2, 0) is 0 Å². The fourth-order valence-electron chi connectivity index (χ4n) is 6.89. The molecule has 1 aromatic heterocycles. The van der Waals surface area contributed by atoms with Crippen molar-refractivity contribution in [2.75, 3.05) is 4.90 Å². The van der Waals surface area contributed by atoms with Gasteiger partial charge < -0.3 is 9.32 Å². The highest BCUT2D eigenvalue weighted by atomic mass is 16.3. The van der Waals surface area contributed by atoms with Crippen LogP contribution in [0.25, 0.3) is 66.1 Å². The molecule has 0 bridgehead atoms. The van der Waals surface area contributed by atoms with E-state index in [-0.39, 0.29) is 0 Å². The van der Waals surface area contributed by atoms with Gasteiger partial charge in [0.2, 0.25) is 0 Å². The second kappa shape index (κ2) is 11.8. The van der Waals surface area contributed by atoms with E-state index >= 15 is 0 Å². The van der Waals surface area contributed by atoms with E-state index in [1.165, 1.54) is 44.2 Å². The number of hydrogen-bond donors (Lipinski definition) is 0. The molecule has 9 aromatic rings. The summed E-state index contributed by atoms with van der Waals surface area (Å²) in [6, 6.07) is 66.8. The molecule has 0 saturated heterocycles. The van der Waals surface area contributed by atoms with Gasteiger partial charge in [0.05, 0.1) is 5.69 Å². The molecule has 48 heavy (non-hydrogen) atoms. The average Bonchev–Trinajstić information content (AvgIpc) is 3.55. The summed E-state index contributed by atoms with van der Waals surface area (Å²) in [5.74, 6) is 0. The van der Waals surface area contributed by atoms with Crippen LogP contribution in [0.2, 0.25) is 0 Å². The summed E-state index contributed by atoms with van der Waals surface area (Å²) < 4.78 is 6.54. The first-order valence-electron chi connectivity index (χ1n) is 16.3. The van der Waals surface area contributed by atoms with Crippen LogP contribution >= 0.6 is 0 Å². The number of rotatable bonds is 6. The summed E-state index contributed by atoms with van der Waals surface area (Å²) >= 11 is 0. The second-order valence-corrected chi connectivity index (χ2v) is 12.2. The Morgan fingerprint density at radius 3 is 1.65 bits per heavy atom. The monoisotopic (exact) mass is 613 g/mol. The minimum absolute atomic E-state index is 0.873. The van der Waals surface area contributed by atoms with Gasteiger partial charge in [-0.3, -0.25) is 0 Å². The number of furan rings is 1. The van der Waals surface area contributed by atoms with Gasteiger partial charge in [-0.25, -0.2) is 0 Å². The zero-order valence-corrected chi connectivity index (χ0v) is 26.3. The molecule has 0 aliphatic heterocycles. The molecule has 0 amide bonds. The fourth-order valence-corrected chi connectivity index (χ4v) is 6.89. The normalized spacial score (nSPS) is 11.3. The van der Waals surface area contributed by atoms with E-state index in [0.717, 1.165) is 39.0 Å². The Bertz CT molecular complexity index is 2530. The number of fused-ring (bicyclic) bond motifs is 4. The van der Waals surface area contributed by atoms with Crippen molar-refractivity contribution in [3.8, 4) is 33.4 Å². The molecule has 0 fully saturated rings. The summed E-state index contributed by atoms with van der Waals surface area (Å²) in [6.45, 7) is 0. The zero-order valence-electron chi connectivity index (χ0n) is 26.3. The average molecular weight is 614 g/mol. The summed E-state index contributed by atoms with van der Waals surface area (Å²) in [5, 5.41) is 4.72. The van der Waals surface area contributed by atoms with Crippen LogP contribution in [0.15, 0.2) is 192 Å². The summed E-state index contributed by atoms with van der Waals surface area (Å²) in [5.41, 5.74) is 12.1. The van der Waals surface area contributed by atoms with Gasteiger partial charge in [-0.2, -0.15) is 0 Å². The summed E-state index contributed by atoms with van der Waals surface area (Å²) in [4.78, 5) is 2.30. The smallest absolute Gasteiger partial charge is 0.159 e. The number of benzene rings is 8. The quantitative estimate of drug-likeness (QED) is 0.185. The molecule has 0 aliphatic rings. The minimum atomic E-state index is 0.873. The highest BCUT2D eigenvalue weighted by molar-refractivity contribution is 6.10. The molecular weight excluding hydrogens is 583 g/mol. The van der Waals surface area contributed by atoms with E-state index in [1.54, 1.807) is 0 Å². The van der Waals surface area contributed by atoms with Gasteiger partial charge in [0.15, 0.2) is 5.58 Å². The van der Waals surface area contributed by atoms with Crippen LogP contribution in [0.4, 0.5) is 17.1 Å². The molecule has 0 aliphatic carbocycles. The van der Waals surface area contributed by atoms with E-state index in [4.69, 9.17) is 4.42 Å². The number of hydrogen-bond acceptors (Lipinski definition) is 2. The summed E-state index contributed by atoms with van der Waals surface area (Å²) in [6.07, 6.45) is 0. The molecule has 0 atom stereocenters. The van der Waals surface area contributed by atoms with Crippen LogP contribution in [0, 0.1) is 0 Å². The predicted octanol–water partition coefficient (Wildman–Crippen LogP) is 13.2. The highest BCUT2D eigenvalue weighted by Gasteiger charge is 2.19. The Labute approximate surface area is 279 Å². The van der Waals surface area contributed by atoms with Crippen molar-refractivity contribution >= 4 is 49.8 Å². The van der Waals surface area contributed by atoms with Crippen molar-refractivity contribution in [3.05, 3.63) is 188 Å². The van der Waals surface area contributed by atoms with Gasteiger partial charge in [-0.15, -0.1) is 0 Å². The van der Waals surface area contributed by atoms with Crippen molar-refractivity contribution in [2.24, 2.45) is 0 Å². The molecule has 2 heteroatoms. The third-order valence-corrected chi connectivity index (χ3v) is 9.28. The maximum atomic E-state index is 6.54. The van der Waals surface area contributed by atoms with E-state index < -0.39 is 0 Å². The Balaban J connectivity index is 1.16. The zero-order chi connectivity index (χ0) is 31.9. The fraction of sp³-hybridized carbons (Fsp3) is 0. The molecule has 0 saturated carbocycles. The number of anilines is 3. The second-order valence-electron chi connectivity index (χ2n) is 12.2. The van der Waals surface area contributed by atoms with Gasteiger partial charge in [-0.1, -0.05) is 146 Å². The minimum Gasteiger partial charge on any atom is -0.454 e. The Kier molecular flexibility index (Phi) is 6.84. The molecule has 0 unspecified atom stereocenters. The molecule has 9 rings (SSSR count). The van der Waals surface area contributed by atoms with E-state index in [9.17, 15) is 0 Å². The van der Waals surface area contributed by atoms with Gasteiger partial charge >= 0.3 is 0 Å². The Morgan fingerprint density at radius 2 is 0.917 bits per heavy atom. The first kappa shape index (κ1) is 27.9. The Hall–Kier alpha value is -6.38. The molecule has 1 heterocycles. The van der Waals surface area contributed by atoms with Crippen molar-refractivity contribution < 1.29 is 4.42 Å². The summed E-state index contributed by atoms with van der Waals surface area (Å²) in [7, 11) is 0. The van der Waals surface area contributed by atoms with Gasteiger partial charge in [0.1, 0.15) is 5.58 Å². The first-order chi connectivity index (χ1) is 23.8. The molecule has 0 spiro atoms. The van der Waals surface area contributed by atoms with Gasteiger partial charge in [0, 0.05) is 22.1 Å². The molecule has 2 nitrogen and oxygen atoms in total. The van der Waals surface area contributed by atoms with E-state index in [1.807, 2.05) is 12.1 Å². The largest absolute Gasteiger partial charge is 0.454 e. The molecule has 226 valence electrons. The molecule has 8 aromatic carbocycles. The number of para-hydroxylation sites is 2. The van der Waals surface area contributed by atoms with Crippen molar-refractivity contribution in [3.63, 3.8) is 0 Å². The van der Waals surface area contributed by atoms with Crippen LogP contribution in [0.3, 0.4) is 0 Å². The SMILES string of the molecule is c1ccc(-c2ccc(N(c3ccc(-c4ccc5cccc(-c6ccccc6)c5c4)cc3)c3cccc4c3oc3ccccc34)cc2)cc1. The van der Waals surface area contributed by atoms with Crippen molar-refractivity contribution in [1.82, 2.24) is 0 Å². The predicted molar refractivity (Wildman–Crippen MR) is 202 cm³/mol. The maximum Gasteiger partial charge on any atom is 0.159 e. The van der Waals surface area contributed by atoms with Crippen LogP contribution < -0.4 is 4.90 Å². The molecule has 0 N–H and O–H groups in total. The Morgan fingerprint density at radius 1 is 0.354 bits per heavy atom. The first-order valence-corrected chi connectivity index (χ1v) is 16.3. The highest BCUT2D eigenvalue weighted by Crippen LogP contribution is 2.43. The third kappa shape index (κ3) is 4.92. The maximum absolute atomic E-state index is 6.54. The van der Waals surface area contributed by atoms with Crippen LogP contribution in [0.1, 0.15) is 0 Å². The van der Waals surface area contributed by atoms with Crippen LogP contribution in [0.5, 0.6) is 0 Å². The molecule has 0 radical (unpaired) electrons. The van der Waals surface area contributed by atoms with Gasteiger partial charge in [0.25, 0.3) is 0 Å². The standard InChI is InChI=1S/C46H31NO/c1-3-11-32(12-4-1)33-23-27-38(28-24-33)47(44-19-10-18-42-41-16-7-8-20-45(41)48-46(42)44)39-29-25-34(26-30-39)37-22-21-36-15-9-17-40(43(36)31-37)35-13-5-2-6-14-35/h1-31H. The van der Waals surface area contributed by atoms with E-state index in [2.05, 4.69) is 181 Å². The lowest BCUT2D eigenvalue weighted by molar-refractivity contribution is 0.669. The van der Waals surface area contributed by atoms with Crippen molar-refractivity contribution in [1.29, 1.82) is 0 Å². The lowest BCUT2D eigenvalue weighted by Crippen LogP contribution is -2.10. The van der Waals surface area contributed by atoms with Crippen LogP contribution in [-0.4, -0.2) is 0 Å². The number of nitrogens with zero attached hydrogens (tertiary/aromatic N) is 1. The van der Waals surface area contributed by atoms with Gasteiger partial charge in [-0.05, 0) is 86.6 Å². The molecular formula is C46H31NO. The third-order valence-electron chi connectivity index (χ3n) is 9.28.